The van der Waals surface area contributed by atoms with E-state index < -0.39 is 12.1 Å². The van der Waals surface area contributed by atoms with Crippen LogP contribution in [0.15, 0.2) is 28.8 Å². The molecular weight excluding hydrogens is 221 g/mol. The highest BCUT2D eigenvalue weighted by molar-refractivity contribution is 5.17. The first-order valence-electron chi connectivity index (χ1n) is 4.40. The van der Waals surface area contributed by atoms with E-state index in [1.165, 1.54) is 0 Å². The first-order chi connectivity index (χ1) is 7.55. The molecule has 0 N–H and O–H groups in total. The Labute approximate surface area is 88.9 Å². The first-order valence-corrected chi connectivity index (χ1v) is 4.40. The number of alkyl halides is 3. The Morgan fingerprint density at radius 1 is 1.25 bits per heavy atom. The summed E-state index contributed by atoms with van der Waals surface area (Å²) in [4.78, 5) is 3.26. The smallest absolute Gasteiger partial charge is 0.329 e. The van der Waals surface area contributed by atoms with Gasteiger partial charge in [0.05, 0.1) is 0 Å². The average Bonchev–Trinajstić information content (AvgIpc) is 2.67. The Hall–Kier alpha value is -1.85. The van der Waals surface area contributed by atoms with Crippen molar-refractivity contribution >= 4 is 0 Å². The summed E-state index contributed by atoms with van der Waals surface area (Å²) < 4.78 is 40.5. The van der Waals surface area contributed by atoms with Crippen LogP contribution in [0.5, 0.6) is 0 Å². The number of benzene rings is 1. The van der Waals surface area contributed by atoms with Crippen LogP contribution >= 0.6 is 0 Å². The Bertz CT molecular complexity index is 464. The van der Waals surface area contributed by atoms with Gasteiger partial charge in [-0.25, -0.2) is 0 Å². The van der Waals surface area contributed by atoms with E-state index >= 15 is 0 Å². The van der Waals surface area contributed by atoms with Gasteiger partial charge in [0.2, 0.25) is 0 Å². The monoisotopic (exact) mass is 227 g/mol. The summed E-state index contributed by atoms with van der Waals surface area (Å²) in [6.45, 7) is 0. The zero-order chi connectivity index (χ0) is 11.6. The summed E-state index contributed by atoms with van der Waals surface area (Å²) >= 11 is 0. The fourth-order valence-electron chi connectivity index (χ4n) is 1.16. The largest absolute Gasteiger partial charge is 0.471 e. The summed E-state index contributed by atoms with van der Waals surface area (Å²) in [5, 5.41) is 3.26. The zero-order valence-electron chi connectivity index (χ0n) is 7.95. The number of hydrogen-bond donors (Lipinski definition) is 0. The summed E-state index contributed by atoms with van der Waals surface area (Å²) in [5.74, 6) is -1.30. The third-order valence-corrected chi connectivity index (χ3v) is 1.86. The van der Waals surface area contributed by atoms with Crippen molar-refractivity contribution in [3.8, 4) is 0 Å². The van der Waals surface area contributed by atoms with Crippen LogP contribution in [0, 0.1) is 6.07 Å². The maximum atomic E-state index is 12.1. The molecule has 2 rings (SSSR count). The van der Waals surface area contributed by atoms with Crippen molar-refractivity contribution in [1.82, 2.24) is 10.1 Å². The Morgan fingerprint density at radius 3 is 2.50 bits per heavy atom. The van der Waals surface area contributed by atoms with Gasteiger partial charge in [-0.05, 0) is 11.6 Å². The van der Waals surface area contributed by atoms with Crippen LogP contribution in [0.4, 0.5) is 13.2 Å². The zero-order valence-corrected chi connectivity index (χ0v) is 7.95. The van der Waals surface area contributed by atoms with Gasteiger partial charge in [-0.3, -0.25) is 0 Å². The second-order valence-electron chi connectivity index (χ2n) is 3.10. The van der Waals surface area contributed by atoms with Crippen LogP contribution in [0.2, 0.25) is 0 Å². The van der Waals surface area contributed by atoms with Crippen LogP contribution in [-0.2, 0) is 12.6 Å². The molecule has 0 saturated heterocycles. The maximum Gasteiger partial charge on any atom is 0.471 e. The van der Waals surface area contributed by atoms with Crippen LogP contribution < -0.4 is 0 Å². The first kappa shape index (κ1) is 10.7. The van der Waals surface area contributed by atoms with Gasteiger partial charge in [0.15, 0.2) is 5.82 Å². The lowest BCUT2D eigenvalue weighted by molar-refractivity contribution is -0.159. The molecule has 0 unspecified atom stereocenters. The molecule has 1 aromatic heterocycles. The summed E-state index contributed by atoms with van der Waals surface area (Å²) in [6, 6.07) is 9.59. The molecule has 0 aliphatic heterocycles. The van der Waals surface area contributed by atoms with Crippen molar-refractivity contribution in [2.24, 2.45) is 0 Å². The standard InChI is InChI=1S/C10H6F3N2O/c11-10(12,13)9-14-8(15-16-9)6-7-4-2-1-3-5-7/h2-5H,6H2. The molecule has 0 aliphatic rings. The van der Waals surface area contributed by atoms with Crippen LogP contribution in [0.25, 0.3) is 0 Å². The minimum atomic E-state index is -4.59. The van der Waals surface area contributed by atoms with E-state index in [1.807, 2.05) is 0 Å². The molecule has 0 aliphatic carbocycles. The molecular formula is C10H6F3N2O. The number of rotatable bonds is 2. The molecule has 3 nitrogen and oxygen atoms in total. The normalized spacial score (nSPS) is 11.7. The second-order valence-corrected chi connectivity index (χ2v) is 3.10. The van der Waals surface area contributed by atoms with Crippen molar-refractivity contribution in [2.45, 2.75) is 12.6 Å². The fourth-order valence-corrected chi connectivity index (χ4v) is 1.16. The van der Waals surface area contributed by atoms with Gasteiger partial charge in [0, 0.05) is 6.42 Å². The summed E-state index contributed by atoms with van der Waals surface area (Å²) in [6.07, 6.45) is -4.38. The molecule has 83 valence electrons. The van der Waals surface area contributed by atoms with E-state index in [0.29, 0.717) is 0 Å². The van der Waals surface area contributed by atoms with Gasteiger partial charge in [-0.2, -0.15) is 18.2 Å². The minimum absolute atomic E-state index is 0.0125. The van der Waals surface area contributed by atoms with Crippen molar-refractivity contribution in [3.63, 3.8) is 0 Å². The molecule has 1 radical (unpaired) electrons. The number of nitrogens with zero attached hydrogens (tertiary/aromatic N) is 2. The van der Waals surface area contributed by atoms with Gasteiger partial charge in [0.1, 0.15) is 0 Å². The SMILES string of the molecule is FC(F)(F)c1nc(Cc2cc[c]cc2)no1. The van der Waals surface area contributed by atoms with Crippen LogP contribution in [0.1, 0.15) is 17.3 Å². The highest BCUT2D eigenvalue weighted by Gasteiger charge is 2.38. The second kappa shape index (κ2) is 3.96. The fraction of sp³-hybridized carbons (Fsp3) is 0.200. The predicted octanol–water partition coefficient (Wildman–Crippen LogP) is 2.48. The highest BCUT2D eigenvalue weighted by atomic mass is 19.4. The molecule has 0 spiro atoms. The number of halogens is 3. The molecule has 0 saturated carbocycles. The quantitative estimate of drug-likeness (QED) is 0.791. The maximum absolute atomic E-state index is 12.1. The highest BCUT2D eigenvalue weighted by Crippen LogP contribution is 2.27. The third-order valence-electron chi connectivity index (χ3n) is 1.86. The van der Waals surface area contributed by atoms with Crippen molar-refractivity contribution in [2.75, 3.05) is 0 Å². The van der Waals surface area contributed by atoms with Crippen LogP contribution in [0.3, 0.4) is 0 Å². The van der Waals surface area contributed by atoms with E-state index in [1.54, 1.807) is 24.3 Å². The molecule has 0 atom stereocenters. The lowest BCUT2D eigenvalue weighted by Crippen LogP contribution is -2.05. The lowest BCUT2D eigenvalue weighted by Gasteiger charge is -1.96. The van der Waals surface area contributed by atoms with Crippen molar-refractivity contribution in [1.29, 1.82) is 0 Å². The van der Waals surface area contributed by atoms with E-state index in [9.17, 15) is 13.2 Å². The summed E-state index contributed by atoms with van der Waals surface area (Å²) in [7, 11) is 0. The average molecular weight is 227 g/mol. The minimum Gasteiger partial charge on any atom is -0.329 e. The van der Waals surface area contributed by atoms with E-state index in [-0.39, 0.29) is 12.2 Å². The van der Waals surface area contributed by atoms with Gasteiger partial charge < -0.3 is 4.52 Å². The Kier molecular flexibility index (Phi) is 2.64. The molecule has 0 amide bonds. The number of aromatic nitrogens is 2. The summed E-state index contributed by atoms with van der Waals surface area (Å²) in [5.41, 5.74) is 0.799. The lowest BCUT2D eigenvalue weighted by atomic mass is 10.1. The molecule has 6 heteroatoms. The molecule has 2 aromatic rings. The van der Waals surface area contributed by atoms with Gasteiger partial charge in [-0.1, -0.05) is 29.4 Å². The van der Waals surface area contributed by atoms with Crippen molar-refractivity contribution < 1.29 is 17.7 Å². The molecule has 1 heterocycles. The number of hydrogen-bond acceptors (Lipinski definition) is 3. The third kappa shape index (κ3) is 2.39. The predicted molar refractivity (Wildman–Crippen MR) is 47.4 cm³/mol. The topological polar surface area (TPSA) is 38.9 Å². The van der Waals surface area contributed by atoms with Gasteiger partial charge >= 0.3 is 12.1 Å². The molecule has 0 fully saturated rings. The van der Waals surface area contributed by atoms with E-state index in [2.05, 4.69) is 20.7 Å². The van der Waals surface area contributed by atoms with E-state index in [4.69, 9.17) is 0 Å². The van der Waals surface area contributed by atoms with Gasteiger partial charge in [0.25, 0.3) is 0 Å². The van der Waals surface area contributed by atoms with Crippen LogP contribution in [-0.4, -0.2) is 10.1 Å². The molecule has 16 heavy (non-hydrogen) atoms. The molecule has 1 aromatic carbocycles. The van der Waals surface area contributed by atoms with Gasteiger partial charge in [-0.15, -0.1) is 0 Å². The Balaban J connectivity index is 2.15. The van der Waals surface area contributed by atoms with Crippen molar-refractivity contribution in [3.05, 3.63) is 47.6 Å². The Morgan fingerprint density at radius 2 is 1.94 bits per heavy atom. The van der Waals surface area contributed by atoms with E-state index in [0.717, 1.165) is 5.56 Å². The molecule has 0 bridgehead atoms.